The third kappa shape index (κ3) is 2.50. The molecule has 1 aromatic heterocycles. The van der Waals surface area contributed by atoms with Crippen LogP contribution in [0, 0.1) is 0 Å². The Morgan fingerprint density at radius 1 is 0.885 bits per heavy atom. The van der Waals surface area contributed by atoms with Crippen LogP contribution in [0.5, 0.6) is 5.75 Å². The average Bonchev–Trinajstić information content (AvgIpc) is 3.19. The molecule has 0 spiro atoms. The van der Waals surface area contributed by atoms with Crippen molar-refractivity contribution < 1.29 is 18.7 Å². The number of ether oxygens (including phenoxy) is 1. The summed E-state index contributed by atoms with van der Waals surface area (Å²) in [6.45, 7) is 0. The molecule has 0 fully saturated rings. The van der Waals surface area contributed by atoms with Gasteiger partial charge in [-0.25, -0.2) is 4.90 Å². The van der Waals surface area contributed by atoms with Gasteiger partial charge < -0.3 is 9.15 Å². The topological polar surface area (TPSA) is 59.8 Å². The molecule has 3 aromatic rings. The third-order valence-electron chi connectivity index (χ3n) is 4.24. The van der Waals surface area contributed by atoms with Gasteiger partial charge in [0.15, 0.2) is 0 Å². The van der Waals surface area contributed by atoms with Gasteiger partial charge in [-0.15, -0.1) is 0 Å². The van der Waals surface area contributed by atoms with Gasteiger partial charge in [-0.2, -0.15) is 0 Å². The summed E-state index contributed by atoms with van der Waals surface area (Å²) < 4.78 is 10.7. The quantitative estimate of drug-likeness (QED) is 0.531. The zero-order valence-electron chi connectivity index (χ0n) is 14.0. The van der Waals surface area contributed by atoms with Crippen molar-refractivity contribution in [3.8, 4) is 5.75 Å². The van der Waals surface area contributed by atoms with E-state index in [9.17, 15) is 9.59 Å². The number of benzene rings is 2. The lowest BCUT2D eigenvalue weighted by Gasteiger charge is -2.29. The van der Waals surface area contributed by atoms with Crippen molar-refractivity contribution in [1.29, 1.82) is 0 Å². The number of methoxy groups -OCH3 is 1. The number of furan rings is 1. The Bertz CT molecular complexity index is 1020. The maximum atomic E-state index is 13.2. The molecule has 0 saturated heterocycles. The Morgan fingerprint density at radius 2 is 1.62 bits per heavy atom. The minimum absolute atomic E-state index is 0.383. The lowest BCUT2D eigenvalue weighted by atomic mass is 9.92. The zero-order valence-corrected chi connectivity index (χ0v) is 14.0. The smallest absolute Gasteiger partial charge is 0.266 e. The largest absolute Gasteiger partial charge is 0.495 e. The van der Waals surface area contributed by atoms with Crippen molar-refractivity contribution in [2.75, 3.05) is 12.0 Å². The van der Waals surface area contributed by atoms with Crippen molar-refractivity contribution in [1.82, 2.24) is 0 Å². The van der Waals surface area contributed by atoms with E-state index < -0.39 is 5.91 Å². The molecule has 5 nitrogen and oxygen atoms in total. The molecular weight excluding hydrogens is 330 g/mol. The van der Waals surface area contributed by atoms with Crippen LogP contribution in [0.1, 0.15) is 21.7 Å². The molecule has 0 radical (unpaired) electrons. The van der Waals surface area contributed by atoms with Crippen LogP contribution in [-0.4, -0.2) is 18.9 Å². The highest BCUT2D eigenvalue weighted by atomic mass is 16.5. The molecule has 128 valence electrons. The zero-order chi connectivity index (χ0) is 18.1. The summed E-state index contributed by atoms with van der Waals surface area (Å²) in [5.74, 6) is 0.185. The van der Waals surface area contributed by atoms with E-state index in [-0.39, 0.29) is 5.91 Å². The molecule has 2 amide bonds. The summed E-state index contributed by atoms with van der Waals surface area (Å²) in [5.41, 5.74) is 1.84. The SMILES string of the molecule is COc1ccccc1N1C(=O)C(=Cc2ccco2)c2ccccc2C1=O. The minimum Gasteiger partial charge on any atom is -0.495 e. The number of fused-ring (bicyclic) bond motifs is 1. The molecule has 4 rings (SSSR count). The van der Waals surface area contributed by atoms with Crippen LogP contribution in [-0.2, 0) is 4.79 Å². The summed E-state index contributed by atoms with van der Waals surface area (Å²) in [5, 5.41) is 0. The van der Waals surface area contributed by atoms with E-state index in [2.05, 4.69) is 0 Å². The molecule has 0 N–H and O–H groups in total. The van der Waals surface area contributed by atoms with Gasteiger partial charge >= 0.3 is 0 Å². The number of hydrogen-bond donors (Lipinski definition) is 0. The molecule has 2 aromatic carbocycles. The van der Waals surface area contributed by atoms with E-state index in [1.807, 2.05) is 0 Å². The van der Waals surface area contributed by atoms with E-state index in [1.165, 1.54) is 13.4 Å². The van der Waals surface area contributed by atoms with Crippen LogP contribution in [0.15, 0.2) is 71.3 Å². The van der Waals surface area contributed by atoms with Crippen LogP contribution in [0.3, 0.4) is 0 Å². The fourth-order valence-electron chi connectivity index (χ4n) is 3.04. The van der Waals surface area contributed by atoms with E-state index in [4.69, 9.17) is 9.15 Å². The van der Waals surface area contributed by atoms with Gasteiger partial charge in [0.1, 0.15) is 11.5 Å². The summed E-state index contributed by atoms with van der Waals surface area (Å²) in [7, 11) is 1.51. The maximum absolute atomic E-state index is 13.2. The average molecular weight is 345 g/mol. The number of hydrogen-bond acceptors (Lipinski definition) is 4. The first-order valence-corrected chi connectivity index (χ1v) is 8.07. The van der Waals surface area contributed by atoms with Crippen LogP contribution in [0.4, 0.5) is 5.69 Å². The minimum atomic E-state index is -0.422. The first-order chi connectivity index (χ1) is 12.7. The molecule has 0 bridgehead atoms. The number of rotatable bonds is 3. The van der Waals surface area contributed by atoms with E-state index in [0.717, 1.165) is 4.90 Å². The fourth-order valence-corrected chi connectivity index (χ4v) is 3.04. The molecule has 5 heteroatoms. The molecule has 1 aliphatic rings. The summed E-state index contributed by atoms with van der Waals surface area (Å²) in [6.07, 6.45) is 3.19. The highest BCUT2D eigenvalue weighted by Crippen LogP contribution is 2.37. The number of nitrogens with zero attached hydrogens (tertiary/aromatic N) is 1. The monoisotopic (exact) mass is 345 g/mol. The van der Waals surface area contributed by atoms with Crippen molar-refractivity contribution in [2.24, 2.45) is 0 Å². The fraction of sp³-hybridized carbons (Fsp3) is 0.0476. The summed E-state index contributed by atoms with van der Waals surface area (Å²) in [6, 6.07) is 17.5. The van der Waals surface area contributed by atoms with Crippen LogP contribution in [0.2, 0.25) is 0 Å². The van der Waals surface area contributed by atoms with Crippen molar-refractivity contribution in [3.05, 3.63) is 83.8 Å². The first-order valence-electron chi connectivity index (χ1n) is 8.07. The predicted molar refractivity (Wildman–Crippen MR) is 97.8 cm³/mol. The second-order valence-corrected chi connectivity index (χ2v) is 5.74. The number of carbonyl (C=O) groups is 2. The van der Waals surface area contributed by atoms with Gasteiger partial charge in [-0.1, -0.05) is 30.3 Å². The van der Waals surface area contributed by atoms with Gasteiger partial charge in [-0.3, -0.25) is 9.59 Å². The molecular formula is C21H15NO4. The molecule has 26 heavy (non-hydrogen) atoms. The van der Waals surface area contributed by atoms with Crippen molar-refractivity contribution in [3.63, 3.8) is 0 Å². The number of amides is 2. The molecule has 0 unspecified atom stereocenters. The van der Waals surface area contributed by atoms with E-state index in [0.29, 0.717) is 33.9 Å². The molecule has 1 aliphatic heterocycles. The van der Waals surface area contributed by atoms with Gasteiger partial charge in [0.25, 0.3) is 11.8 Å². The van der Waals surface area contributed by atoms with Gasteiger partial charge in [0.05, 0.1) is 24.6 Å². The van der Waals surface area contributed by atoms with E-state index >= 15 is 0 Å². The lowest BCUT2D eigenvalue weighted by molar-refractivity contribution is -0.112. The van der Waals surface area contributed by atoms with Gasteiger partial charge in [0, 0.05) is 11.1 Å². The molecule has 0 atom stereocenters. The standard InChI is InChI=1S/C21H15NO4/c1-25-19-11-5-4-10-18(19)22-20(23)16-9-3-2-8-15(16)17(21(22)24)13-14-7-6-12-26-14/h2-13H,1H3. The summed E-state index contributed by atoms with van der Waals surface area (Å²) in [4.78, 5) is 27.4. The van der Waals surface area contributed by atoms with Gasteiger partial charge in [0.2, 0.25) is 0 Å². The number of para-hydroxylation sites is 2. The molecule has 0 saturated carbocycles. The number of imide groups is 1. The Balaban J connectivity index is 1.93. The second kappa shape index (κ2) is 6.37. The second-order valence-electron chi connectivity index (χ2n) is 5.74. The predicted octanol–water partition coefficient (Wildman–Crippen LogP) is 4.02. The molecule has 2 heterocycles. The lowest BCUT2D eigenvalue weighted by Crippen LogP contribution is -2.42. The van der Waals surface area contributed by atoms with Crippen molar-refractivity contribution >= 4 is 29.2 Å². The molecule has 0 aliphatic carbocycles. The highest BCUT2D eigenvalue weighted by Gasteiger charge is 2.37. The Kier molecular flexibility index (Phi) is 3.89. The van der Waals surface area contributed by atoms with Crippen LogP contribution in [0.25, 0.3) is 11.6 Å². The normalized spacial score (nSPS) is 15.3. The first kappa shape index (κ1) is 15.9. The van der Waals surface area contributed by atoms with Crippen LogP contribution < -0.4 is 9.64 Å². The van der Waals surface area contributed by atoms with Gasteiger partial charge in [-0.05, 0) is 36.4 Å². The third-order valence-corrected chi connectivity index (χ3v) is 4.24. The van der Waals surface area contributed by atoms with Crippen LogP contribution >= 0.6 is 0 Å². The highest BCUT2D eigenvalue weighted by molar-refractivity contribution is 6.43. The Hall–Kier alpha value is -3.60. The Labute approximate surface area is 150 Å². The number of carbonyl (C=O) groups excluding carboxylic acids is 2. The number of anilines is 1. The van der Waals surface area contributed by atoms with E-state index in [1.54, 1.807) is 66.7 Å². The maximum Gasteiger partial charge on any atom is 0.266 e. The van der Waals surface area contributed by atoms with Crippen molar-refractivity contribution in [2.45, 2.75) is 0 Å². The Morgan fingerprint density at radius 3 is 2.35 bits per heavy atom. The summed E-state index contributed by atoms with van der Waals surface area (Å²) >= 11 is 0.